The van der Waals surface area contributed by atoms with Gasteiger partial charge in [-0.05, 0) is 49.4 Å². The minimum atomic E-state index is -1.08. The zero-order chi connectivity index (χ0) is 22.8. The molecule has 1 atom stereocenters. The lowest BCUT2D eigenvalue weighted by molar-refractivity contribution is -0.123. The summed E-state index contributed by atoms with van der Waals surface area (Å²) < 4.78 is 5.24. The quantitative estimate of drug-likeness (QED) is 0.463. The summed E-state index contributed by atoms with van der Waals surface area (Å²) in [6.45, 7) is 1.44. The summed E-state index contributed by atoms with van der Waals surface area (Å²) in [5, 5.41) is 2.90. The molecule has 0 saturated heterocycles. The molecule has 0 radical (unpaired) electrons. The van der Waals surface area contributed by atoms with Gasteiger partial charge in [-0.15, -0.1) is 0 Å². The number of anilines is 2. The van der Waals surface area contributed by atoms with Crippen LogP contribution in [0, 0.1) is 0 Å². The lowest BCUT2D eigenvalue weighted by Crippen LogP contribution is -2.30. The van der Waals surface area contributed by atoms with Crippen LogP contribution in [-0.2, 0) is 9.53 Å². The van der Waals surface area contributed by atoms with E-state index in [9.17, 15) is 19.2 Å². The van der Waals surface area contributed by atoms with Crippen molar-refractivity contribution in [2.75, 3.05) is 10.2 Å². The van der Waals surface area contributed by atoms with Crippen molar-refractivity contribution in [3.8, 4) is 0 Å². The summed E-state index contributed by atoms with van der Waals surface area (Å²) in [6.07, 6.45) is -1.08. The highest BCUT2D eigenvalue weighted by molar-refractivity contribution is 6.39. The van der Waals surface area contributed by atoms with Crippen molar-refractivity contribution >= 4 is 46.7 Å². The predicted molar refractivity (Wildman–Crippen MR) is 119 cm³/mol. The van der Waals surface area contributed by atoms with Gasteiger partial charge in [-0.2, -0.15) is 0 Å². The smallest absolute Gasteiger partial charge is 0.338 e. The van der Waals surface area contributed by atoms with Crippen molar-refractivity contribution in [1.82, 2.24) is 0 Å². The number of para-hydroxylation sites is 2. The molecule has 32 heavy (non-hydrogen) atoms. The number of hydrogen-bond acceptors (Lipinski definition) is 5. The Kier molecular flexibility index (Phi) is 5.75. The van der Waals surface area contributed by atoms with Gasteiger partial charge in [-0.25, -0.2) is 9.69 Å². The molecule has 160 valence electrons. The number of esters is 1. The van der Waals surface area contributed by atoms with Gasteiger partial charge >= 0.3 is 5.97 Å². The minimum absolute atomic E-state index is 0.0465. The number of hydrogen-bond donors (Lipinski definition) is 1. The number of rotatable bonds is 5. The Bertz CT molecular complexity index is 1240. The molecule has 0 spiro atoms. The fourth-order valence-corrected chi connectivity index (χ4v) is 3.49. The molecule has 0 saturated carbocycles. The molecule has 0 aliphatic carbocycles. The molecule has 0 bridgehead atoms. The fraction of sp³-hybridized carbons (Fsp3) is 0.0833. The number of carbonyl (C=O) groups is 4. The number of carbonyl (C=O) groups excluding carboxylic acids is 4. The molecule has 0 aromatic heterocycles. The number of halogens is 1. The first-order chi connectivity index (χ1) is 15.4. The lowest BCUT2D eigenvalue weighted by atomic mass is 10.1. The normalized spacial score (nSPS) is 13.5. The number of nitrogens with zero attached hydrogens (tertiary/aromatic N) is 1. The summed E-state index contributed by atoms with van der Waals surface area (Å²) in [5.74, 6) is -2.42. The Morgan fingerprint density at radius 1 is 0.906 bits per heavy atom. The second-order valence-corrected chi connectivity index (χ2v) is 7.47. The van der Waals surface area contributed by atoms with Crippen molar-refractivity contribution in [2.24, 2.45) is 0 Å². The third-order valence-corrected chi connectivity index (χ3v) is 5.23. The maximum absolute atomic E-state index is 12.9. The van der Waals surface area contributed by atoms with E-state index in [2.05, 4.69) is 5.32 Å². The second-order valence-electron chi connectivity index (χ2n) is 7.06. The standard InChI is InChI=1S/C24H17ClN2O5/c1-14(21(28)26-16-7-3-2-4-8-16)32-24(31)15-11-12-17-18(13-15)23(30)27(22(17)29)20-10-6-5-9-19(20)25/h2-14H,1H3,(H,26,28). The molecule has 1 aliphatic heterocycles. The first-order valence-corrected chi connectivity index (χ1v) is 10.1. The van der Waals surface area contributed by atoms with E-state index < -0.39 is 29.8 Å². The minimum Gasteiger partial charge on any atom is -0.449 e. The van der Waals surface area contributed by atoms with Crippen LogP contribution in [0.4, 0.5) is 11.4 Å². The Morgan fingerprint density at radius 3 is 2.28 bits per heavy atom. The van der Waals surface area contributed by atoms with Crippen molar-refractivity contribution in [3.05, 3.63) is 94.5 Å². The average Bonchev–Trinajstić information content (AvgIpc) is 3.04. The summed E-state index contributed by atoms with van der Waals surface area (Å²) in [7, 11) is 0. The fourth-order valence-electron chi connectivity index (χ4n) is 3.27. The number of fused-ring (bicyclic) bond motifs is 1. The Labute approximate surface area is 188 Å². The molecule has 4 rings (SSSR count). The van der Waals surface area contributed by atoms with Crippen LogP contribution in [0.25, 0.3) is 0 Å². The highest BCUT2D eigenvalue weighted by Gasteiger charge is 2.38. The van der Waals surface area contributed by atoms with Crippen LogP contribution in [0.1, 0.15) is 38.0 Å². The number of benzene rings is 3. The third kappa shape index (κ3) is 3.98. The van der Waals surface area contributed by atoms with Crippen LogP contribution in [0.3, 0.4) is 0 Å². The predicted octanol–water partition coefficient (Wildman–Crippen LogP) is 4.32. The topological polar surface area (TPSA) is 92.8 Å². The monoisotopic (exact) mass is 448 g/mol. The molecule has 1 aliphatic rings. The molecular weight excluding hydrogens is 432 g/mol. The van der Waals surface area contributed by atoms with Crippen LogP contribution in [0.5, 0.6) is 0 Å². The Balaban J connectivity index is 1.51. The van der Waals surface area contributed by atoms with Gasteiger partial charge in [0.05, 0.1) is 27.4 Å². The van der Waals surface area contributed by atoms with E-state index in [1.165, 1.54) is 25.1 Å². The summed E-state index contributed by atoms with van der Waals surface area (Å²) in [5.41, 5.74) is 1.09. The van der Waals surface area contributed by atoms with E-state index in [1.54, 1.807) is 48.5 Å². The number of imide groups is 1. The first-order valence-electron chi connectivity index (χ1n) is 9.71. The van der Waals surface area contributed by atoms with E-state index in [-0.39, 0.29) is 27.4 Å². The summed E-state index contributed by atoms with van der Waals surface area (Å²) in [6, 6.07) is 19.3. The third-order valence-electron chi connectivity index (χ3n) is 4.91. The van der Waals surface area contributed by atoms with Crippen molar-refractivity contribution in [2.45, 2.75) is 13.0 Å². The molecule has 3 aromatic carbocycles. The SMILES string of the molecule is CC(OC(=O)c1ccc2c(c1)C(=O)N(c1ccccc1Cl)C2=O)C(=O)Nc1ccccc1. The van der Waals surface area contributed by atoms with E-state index in [0.717, 1.165) is 4.90 Å². The molecule has 3 amide bonds. The molecular formula is C24H17ClN2O5. The van der Waals surface area contributed by atoms with Gasteiger partial charge in [-0.3, -0.25) is 14.4 Å². The van der Waals surface area contributed by atoms with Crippen molar-refractivity contribution in [3.63, 3.8) is 0 Å². The number of ether oxygens (including phenoxy) is 1. The summed E-state index contributed by atoms with van der Waals surface area (Å²) in [4.78, 5) is 51.5. The molecule has 1 heterocycles. The van der Waals surface area contributed by atoms with Crippen LogP contribution < -0.4 is 10.2 Å². The zero-order valence-corrected chi connectivity index (χ0v) is 17.6. The van der Waals surface area contributed by atoms with Gasteiger partial charge in [-0.1, -0.05) is 41.9 Å². The summed E-state index contributed by atoms with van der Waals surface area (Å²) >= 11 is 6.15. The van der Waals surface area contributed by atoms with Gasteiger partial charge < -0.3 is 10.1 Å². The van der Waals surface area contributed by atoms with Gasteiger partial charge in [0.2, 0.25) is 0 Å². The van der Waals surface area contributed by atoms with Crippen molar-refractivity contribution in [1.29, 1.82) is 0 Å². The molecule has 3 aromatic rings. The molecule has 8 heteroatoms. The zero-order valence-electron chi connectivity index (χ0n) is 16.9. The highest BCUT2D eigenvalue weighted by Crippen LogP contribution is 2.33. The van der Waals surface area contributed by atoms with E-state index in [1.807, 2.05) is 6.07 Å². The molecule has 1 unspecified atom stereocenters. The number of nitrogens with one attached hydrogen (secondary N) is 1. The Morgan fingerprint density at radius 2 is 1.56 bits per heavy atom. The molecule has 7 nitrogen and oxygen atoms in total. The first kappa shape index (κ1) is 21.3. The number of amides is 3. The van der Waals surface area contributed by atoms with Crippen LogP contribution >= 0.6 is 11.6 Å². The maximum atomic E-state index is 12.9. The van der Waals surface area contributed by atoms with Gasteiger partial charge in [0.1, 0.15) is 0 Å². The maximum Gasteiger partial charge on any atom is 0.338 e. The second kappa shape index (κ2) is 8.64. The van der Waals surface area contributed by atoms with Gasteiger partial charge in [0.25, 0.3) is 17.7 Å². The largest absolute Gasteiger partial charge is 0.449 e. The van der Waals surface area contributed by atoms with Crippen LogP contribution in [0.15, 0.2) is 72.8 Å². The van der Waals surface area contributed by atoms with Crippen LogP contribution in [-0.4, -0.2) is 29.8 Å². The molecule has 1 N–H and O–H groups in total. The van der Waals surface area contributed by atoms with Gasteiger partial charge in [0.15, 0.2) is 6.10 Å². The molecule has 0 fully saturated rings. The van der Waals surface area contributed by atoms with E-state index in [4.69, 9.17) is 16.3 Å². The van der Waals surface area contributed by atoms with Gasteiger partial charge in [0, 0.05) is 5.69 Å². The van der Waals surface area contributed by atoms with E-state index in [0.29, 0.717) is 5.69 Å². The van der Waals surface area contributed by atoms with E-state index >= 15 is 0 Å². The highest BCUT2D eigenvalue weighted by atomic mass is 35.5. The van der Waals surface area contributed by atoms with Crippen molar-refractivity contribution < 1.29 is 23.9 Å². The van der Waals surface area contributed by atoms with Crippen LogP contribution in [0.2, 0.25) is 5.02 Å². The Hall–Kier alpha value is -3.97. The average molecular weight is 449 g/mol. The lowest BCUT2D eigenvalue weighted by Gasteiger charge is -2.15.